The van der Waals surface area contributed by atoms with E-state index < -0.39 is 38.5 Å². The van der Waals surface area contributed by atoms with Gasteiger partial charge in [0.1, 0.15) is 0 Å². The first-order valence-corrected chi connectivity index (χ1v) is 8.71. The van der Waals surface area contributed by atoms with E-state index in [1.807, 2.05) is 6.92 Å². The zero-order chi connectivity index (χ0) is 17.7. The lowest BCUT2D eigenvalue weighted by Crippen LogP contribution is -2.69. The van der Waals surface area contributed by atoms with Crippen LogP contribution in [0, 0.1) is 17.0 Å². The summed E-state index contributed by atoms with van der Waals surface area (Å²) in [6.45, 7) is 1.81. The maximum absolute atomic E-state index is 12.9. The fourth-order valence-electron chi connectivity index (χ4n) is 3.20. The molecule has 1 amide bonds. The third kappa shape index (κ3) is 2.15. The highest BCUT2D eigenvalue weighted by Crippen LogP contribution is 2.41. The minimum atomic E-state index is -4.13. The van der Waals surface area contributed by atoms with Crippen LogP contribution in [0.3, 0.4) is 0 Å². The maximum atomic E-state index is 12.9. The number of sulfonamides is 1. The zero-order valence-electron chi connectivity index (χ0n) is 13.1. The number of hydrogen-bond acceptors (Lipinski definition) is 6. The Morgan fingerprint density at radius 3 is 2.50 bits per heavy atom. The molecule has 3 aliphatic rings. The van der Waals surface area contributed by atoms with Crippen LogP contribution >= 0.6 is 0 Å². The van der Waals surface area contributed by atoms with Crippen LogP contribution < -0.4 is 0 Å². The topological polar surface area (TPSA) is 107 Å². The van der Waals surface area contributed by atoms with Crippen LogP contribution in [0.25, 0.3) is 0 Å². The van der Waals surface area contributed by atoms with E-state index in [1.165, 1.54) is 31.4 Å². The van der Waals surface area contributed by atoms with E-state index in [-0.39, 0.29) is 11.3 Å². The number of amides is 1. The SMILES string of the molecule is CO[C@@]12C=C[C@@H](C[C@H]1[N+](=O)[O-])N(S(=O)(=O)c1ccc(C)cc1)C2=O. The van der Waals surface area contributed by atoms with Gasteiger partial charge in [0.05, 0.1) is 10.9 Å². The average Bonchev–Trinajstić information content (AvgIpc) is 2.55. The van der Waals surface area contributed by atoms with E-state index in [9.17, 15) is 23.3 Å². The molecule has 2 bridgehead atoms. The van der Waals surface area contributed by atoms with Crippen LogP contribution in [-0.2, 0) is 19.6 Å². The second-order valence-electron chi connectivity index (χ2n) is 5.88. The Morgan fingerprint density at radius 1 is 1.33 bits per heavy atom. The summed E-state index contributed by atoms with van der Waals surface area (Å²) in [7, 11) is -2.96. The molecule has 1 aliphatic carbocycles. The summed E-state index contributed by atoms with van der Waals surface area (Å²) >= 11 is 0. The minimum Gasteiger partial charge on any atom is -0.358 e. The number of piperidine rings is 1. The predicted molar refractivity (Wildman–Crippen MR) is 83.3 cm³/mol. The van der Waals surface area contributed by atoms with E-state index in [0.717, 1.165) is 5.56 Å². The van der Waals surface area contributed by atoms with Crippen molar-refractivity contribution in [2.45, 2.75) is 35.9 Å². The molecular formula is C15H16N2O6S. The highest BCUT2D eigenvalue weighted by atomic mass is 32.2. The summed E-state index contributed by atoms with van der Waals surface area (Å²) in [6.07, 6.45) is 2.67. The van der Waals surface area contributed by atoms with Crippen LogP contribution in [0.1, 0.15) is 12.0 Å². The van der Waals surface area contributed by atoms with Crippen LogP contribution in [0.4, 0.5) is 0 Å². The molecule has 1 aromatic rings. The third-order valence-electron chi connectivity index (χ3n) is 4.53. The monoisotopic (exact) mass is 352 g/mol. The molecule has 24 heavy (non-hydrogen) atoms. The molecule has 8 nitrogen and oxygen atoms in total. The normalized spacial score (nSPS) is 29.1. The molecule has 2 aliphatic heterocycles. The number of nitro groups is 1. The van der Waals surface area contributed by atoms with Gasteiger partial charge in [-0.1, -0.05) is 23.8 Å². The van der Waals surface area contributed by atoms with Crippen molar-refractivity contribution >= 4 is 15.9 Å². The third-order valence-corrected chi connectivity index (χ3v) is 6.35. The lowest BCUT2D eigenvalue weighted by atomic mass is 9.78. The maximum Gasteiger partial charge on any atom is 0.280 e. The molecule has 1 aromatic carbocycles. The van der Waals surface area contributed by atoms with Gasteiger partial charge in [-0.2, -0.15) is 0 Å². The van der Waals surface area contributed by atoms with Gasteiger partial charge in [-0.05, 0) is 25.1 Å². The van der Waals surface area contributed by atoms with E-state index in [1.54, 1.807) is 12.1 Å². The van der Waals surface area contributed by atoms with Gasteiger partial charge in [0.25, 0.3) is 22.0 Å². The Balaban J connectivity index is 2.09. The van der Waals surface area contributed by atoms with Crippen LogP contribution in [0.2, 0.25) is 0 Å². The Morgan fingerprint density at radius 2 is 1.96 bits per heavy atom. The van der Waals surface area contributed by atoms with Gasteiger partial charge in [-0.15, -0.1) is 0 Å². The Kier molecular flexibility index (Phi) is 3.72. The molecule has 1 saturated heterocycles. The van der Waals surface area contributed by atoms with Gasteiger partial charge < -0.3 is 4.74 Å². The number of fused-ring (bicyclic) bond motifs is 2. The van der Waals surface area contributed by atoms with Crippen molar-refractivity contribution in [3.63, 3.8) is 0 Å². The fourth-order valence-corrected chi connectivity index (χ4v) is 4.78. The highest BCUT2D eigenvalue weighted by molar-refractivity contribution is 7.89. The summed E-state index contributed by atoms with van der Waals surface area (Å²) in [5, 5.41) is 11.3. The van der Waals surface area contributed by atoms with Gasteiger partial charge in [-0.25, -0.2) is 12.7 Å². The van der Waals surface area contributed by atoms with Crippen molar-refractivity contribution in [3.8, 4) is 0 Å². The summed E-state index contributed by atoms with van der Waals surface area (Å²) in [5.74, 6) is -0.925. The van der Waals surface area contributed by atoms with Crippen LogP contribution in [0.15, 0.2) is 41.3 Å². The standard InChI is InChI=1S/C15H16N2O6S/c1-10-3-5-12(6-4-10)24(21,22)16-11-7-8-15(23-2,14(16)18)13(9-11)17(19)20/h3-8,11,13H,9H2,1-2H3/t11-,13+,15-/m0/s1. The molecular weight excluding hydrogens is 336 g/mol. The molecule has 128 valence electrons. The van der Waals surface area contributed by atoms with Crippen molar-refractivity contribution in [2.75, 3.05) is 7.11 Å². The summed E-state index contributed by atoms with van der Waals surface area (Å²) in [4.78, 5) is 23.5. The van der Waals surface area contributed by atoms with Crippen LogP contribution in [-0.4, -0.2) is 48.3 Å². The summed E-state index contributed by atoms with van der Waals surface area (Å²) in [6, 6.07) is 3.87. The number of carbonyl (C=O) groups excluding carboxylic acids is 1. The Bertz CT molecular complexity index is 832. The van der Waals surface area contributed by atoms with Gasteiger partial charge in [0, 0.05) is 18.5 Å². The first-order valence-electron chi connectivity index (χ1n) is 7.27. The van der Waals surface area contributed by atoms with Gasteiger partial charge >= 0.3 is 0 Å². The number of ether oxygens (including phenoxy) is 1. The number of benzene rings is 1. The van der Waals surface area contributed by atoms with Gasteiger partial charge in [0.2, 0.25) is 5.60 Å². The molecule has 1 fully saturated rings. The quantitative estimate of drug-likeness (QED) is 0.452. The predicted octanol–water partition coefficient (Wildman–Crippen LogP) is 0.885. The molecule has 9 heteroatoms. The van der Waals surface area contributed by atoms with Crippen molar-refractivity contribution < 1.29 is 22.9 Å². The molecule has 0 aromatic heterocycles. The largest absolute Gasteiger partial charge is 0.358 e. The van der Waals surface area contributed by atoms with E-state index in [2.05, 4.69) is 0 Å². The van der Waals surface area contributed by atoms with Crippen molar-refractivity contribution in [1.29, 1.82) is 0 Å². The second-order valence-corrected chi connectivity index (χ2v) is 7.69. The first kappa shape index (κ1) is 16.6. The van der Waals surface area contributed by atoms with Crippen LogP contribution in [0.5, 0.6) is 0 Å². The average molecular weight is 352 g/mol. The van der Waals surface area contributed by atoms with E-state index in [0.29, 0.717) is 4.31 Å². The Labute approximate surface area is 138 Å². The fraction of sp³-hybridized carbons (Fsp3) is 0.400. The molecule has 0 unspecified atom stereocenters. The summed E-state index contributed by atoms with van der Waals surface area (Å²) in [5.41, 5.74) is -1.02. The number of nitrogens with zero attached hydrogens (tertiary/aromatic N) is 2. The molecule has 2 heterocycles. The van der Waals surface area contributed by atoms with E-state index >= 15 is 0 Å². The molecule has 4 rings (SSSR count). The lowest BCUT2D eigenvalue weighted by Gasteiger charge is -2.46. The minimum absolute atomic E-state index is 0.0358. The van der Waals surface area contributed by atoms with Crippen molar-refractivity contribution in [2.24, 2.45) is 0 Å². The number of carbonyl (C=O) groups is 1. The Hall–Kier alpha value is -2.26. The first-order chi connectivity index (χ1) is 11.2. The number of rotatable bonds is 4. The van der Waals surface area contributed by atoms with Gasteiger partial charge in [0.15, 0.2) is 0 Å². The van der Waals surface area contributed by atoms with Crippen molar-refractivity contribution in [3.05, 3.63) is 52.1 Å². The number of hydrogen-bond donors (Lipinski definition) is 0. The molecule has 3 atom stereocenters. The second kappa shape index (κ2) is 5.38. The summed E-state index contributed by atoms with van der Waals surface area (Å²) < 4.78 is 31.6. The highest BCUT2D eigenvalue weighted by Gasteiger charge is 2.64. The number of aryl methyl sites for hydroxylation is 1. The van der Waals surface area contributed by atoms with E-state index in [4.69, 9.17) is 4.74 Å². The smallest absolute Gasteiger partial charge is 0.280 e. The molecule has 0 saturated carbocycles. The van der Waals surface area contributed by atoms with Gasteiger partial charge in [-0.3, -0.25) is 14.9 Å². The molecule has 0 radical (unpaired) electrons. The molecule has 0 N–H and O–H groups in total. The zero-order valence-corrected chi connectivity index (χ0v) is 13.9. The lowest BCUT2D eigenvalue weighted by molar-refractivity contribution is -0.543. The molecule has 0 spiro atoms. The number of methoxy groups -OCH3 is 1. The van der Waals surface area contributed by atoms with Crippen molar-refractivity contribution in [1.82, 2.24) is 4.31 Å².